The van der Waals surface area contributed by atoms with Crippen LogP contribution in [0.15, 0.2) is 154 Å². The van der Waals surface area contributed by atoms with Gasteiger partial charge in [0.05, 0.1) is 5.75 Å². The number of thioether (sulfide) groups is 1. The van der Waals surface area contributed by atoms with E-state index in [2.05, 4.69) is 16.0 Å². The smallest absolute Gasteiger partial charge is 0.272 e. The van der Waals surface area contributed by atoms with Gasteiger partial charge in [0.15, 0.2) is 0 Å². The fraction of sp³-hybridized carbons (Fsp3) is 0.100. The Kier molecular flexibility index (Phi) is 10.4. The number of furan rings is 1. The van der Waals surface area contributed by atoms with E-state index < -0.39 is 17.9 Å². The van der Waals surface area contributed by atoms with Gasteiger partial charge in [-0.3, -0.25) is 19.2 Å². The first-order valence-corrected chi connectivity index (χ1v) is 16.9. The number of rotatable bonds is 11. The van der Waals surface area contributed by atoms with Crippen molar-refractivity contribution in [1.82, 2.24) is 15.5 Å². The second-order valence-corrected chi connectivity index (χ2v) is 12.6. The van der Waals surface area contributed by atoms with Crippen molar-refractivity contribution < 1.29 is 23.6 Å². The molecule has 10 heteroatoms. The minimum Gasteiger partial charge on any atom is -0.457 e. The molecule has 0 bridgehead atoms. The van der Waals surface area contributed by atoms with Gasteiger partial charge in [-0.25, -0.2) is 0 Å². The summed E-state index contributed by atoms with van der Waals surface area (Å²) in [5, 5.41) is 8.36. The first-order valence-electron chi connectivity index (χ1n) is 15.9. The second-order valence-electron chi connectivity index (χ2n) is 11.5. The molecule has 0 fully saturated rings. The molecule has 0 radical (unpaired) electrons. The minimum atomic E-state index is -0.546. The van der Waals surface area contributed by atoms with E-state index in [-0.39, 0.29) is 23.1 Å². The lowest BCUT2D eigenvalue weighted by Gasteiger charge is -2.22. The molecule has 3 amide bonds. The first kappa shape index (κ1) is 33.8. The summed E-state index contributed by atoms with van der Waals surface area (Å²) in [5.41, 5.74) is 3.63. The van der Waals surface area contributed by atoms with E-state index in [4.69, 9.17) is 4.42 Å². The van der Waals surface area contributed by atoms with E-state index in [0.717, 1.165) is 16.0 Å². The van der Waals surface area contributed by atoms with Crippen molar-refractivity contribution >= 4 is 47.0 Å². The van der Waals surface area contributed by atoms with Crippen LogP contribution in [0.2, 0.25) is 0 Å². The molecule has 0 saturated carbocycles. The van der Waals surface area contributed by atoms with Crippen LogP contribution in [0.4, 0.5) is 5.69 Å². The van der Waals surface area contributed by atoms with Gasteiger partial charge in [-0.2, -0.15) is 0 Å². The van der Waals surface area contributed by atoms with Crippen molar-refractivity contribution in [1.29, 1.82) is 0 Å². The van der Waals surface area contributed by atoms with Crippen LogP contribution in [-0.2, 0) is 14.4 Å². The highest BCUT2D eigenvalue weighted by Gasteiger charge is 2.37. The van der Waals surface area contributed by atoms with Gasteiger partial charge in [-0.05, 0) is 61.0 Å². The molecule has 1 aromatic heterocycles. The number of Topliss-reactive ketones (excluding diaryl/α,β-unsaturated/α-hetero) is 1. The fourth-order valence-corrected chi connectivity index (χ4v) is 6.15. The van der Waals surface area contributed by atoms with Crippen LogP contribution in [0.3, 0.4) is 0 Å². The summed E-state index contributed by atoms with van der Waals surface area (Å²) < 4.78 is 5.97. The van der Waals surface area contributed by atoms with E-state index in [1.165, 1.54) is 17.8 Å². The Balaban J connectivity index is 1.09. The zero-order chi connectivity index (χ0) is 35.0. The van der Waals surface area contributed by atoms with Crippen LogP contribution >= 0.6 is 11.8 Å². The number of nitrogens with one attached hydrogen (secondary N) is 3. The number of hydrogen-bond acceptors (Lipinski definition) is 7. The Bertz CT molecular complexity index is 2070. The Morgan fingerprint density at radius 2 is 1.44 bits per heavy atom. The molecule has 4 aromatic carbocycles. The lowest BCUT2D eigenvalue weighted by atomic mass is 10.0. The molecule has 50 heavy (non-hydrogen) atoms. The van der Waals surface area contributed by atoms with E-state index in [9.17, 15) is 19.2 Å². The topological polar surface area (TPSA) is 121 Å². The van der Waals surface area contributed by atoms with Crippen LogP contribution in [0.1, 0.15) is 34.6 Å². The van der Waals surface area contributed by atoms with E-state index in [1.54, 1.807) is 66.7 Å². The molecule has 9 nitrogen and oxygen atoms in total. The number of hydrogen-bond donors (Lipinski definition) is 3. The third-order valence-electron chi connectivity index (χ3n) is 8.14. The fourth-order valence-electron chi connectivity index (χ4n) is 5.45. The largest absolute Gasteiger partial charge is 0.457 e. The molecule has 5 aromatic rings. The van der Waals surface area contributed by atoms with Gasteiger partial charge >= 0.3 is 0 Å². The Morgan fingerprint density at radius 3 is 2.12 bits per heavy atom. The number of anilines is 1. The summed E-state index contributed by atoms with van der Waals surface area (Å²) in [5.74, 6) is -0.337. The lowest BCUT2D eigenvalue weighted by molar-refractivity contribution is -0.122. The minimum absolute atomic E-state index is 0.00542. The van der Waals surface area contributed by atoms with Gasteiger partial charge in [0.2, 0.25) is 11.7 Å². The van der Waals surface area contributed by atoms with Crippen molar-refractivity contribution in [2.45, 2.75) is 17.9 Å². The molecule has 2 heterocycles. The number of carbonyl (C=O) groups is 4. The quantitative estimate of drug-likeness (QED) is 0.101. The van der Waals surface area contributed by atoms with Crippen LogP contribution in [-0.4, -0.2) is 41.2 Å². The molecule has 250 valence electrons. The molecule has 0 unspecified atom stereocenters. The maximum Gasteiger partial charge on any atom is 0.272 e. The van der Waals surface area contributed by atoms with Gasteiger partial charge < -0.3 is 25.3 Å². The molecule has 0 aliphatic carbocycles. The average Bonchev–Trinajstić information content (AvgIpc) is 3.70. The number of likely N-dealkylation sites (N-methyl/N-ethyl adjacent to an activating group) is 1. The summed E-state index contributed by atoms with van der Waals surface area (Å²) in [7, 11) is 1.84. The lowest BCUT2D eigenvalue weighted by Crippen LogP contribution is -2.30. The number of amides is 3. The van der Waals surface area contributed by atoms with Crippen molar-refractivity contribution in [3.05, 3.63) is 161 Å². The van der Waals surface area contributed by atoms with E-state index in [1.807, 2.05) is 79.5 Å². The Morgan fingerprint density at radius 1 is 0.800 bits per heavy atom. The van der Waals surface area contributed by atoms with Crippen LogP contribution in [0.5, 0.6) is 0 Å². The standard InChI is InChI=1S/C40H34N4O5S/c1-26-36(38(46)37(44(26)2)28-14-8-4-9-15-28)43-35(45)25-50-32-21-18-30(19-22-32)41-40(48)33(42-39(47)29-16-10-5-11-17-29)24-31-20-23-34(49-31)27-12-6-3-7-13-27/h3-24,37H,25H2,1-2H3,(H,41,48)(H,42,47)(H,43,45)/b33-24+/t37-/m1/s1. The molecule has 6 rings (SSSR count). The normalized spacial score (nSPS) is 14.4. The molecule has 0 saturated heterocycles. The van der Waals surface area contributed by atoms with E-state index in [0.29, 0.717) is 34.2 Å². The molecular formula is C40H34N4O5S. The highest BCUT2D eigenvalue weighted by atomic mass is 32.2. The summed E-state index contributed by atoms with van der Waals surface area (Å²) in [6.45, 7) is 1.82. The summed E-state index contributed by atoms with van der Waals surface area (Å²) in [6.07, 6.45) is 1.48. The van der Waals surface area contributed by atoms with Crippen molar-refractivity contribution in [3.63, 3.8) is 0 Å². The van der Waals surface area contributed by atoms with Crippen molar-refractivity contribution in [2.24, 2.45) is 0 Å². The van der Waals surface area contributed by atoms with Crippen molar-refractivity contribution in [3.8, 4) is 11.3 Å². The zero-order valence-electron chi connectivity index (χ0n) is 27.4. The monoisotopic (exact) mass is 682 g/mol. The molecule has 1 aliphatic rings. The second kappa shape index (κ2) is 15.4. The molecule has 1 atom stereocenters. The summed E-state index contributed by atoms with van der Waals surface area (Å²) >= 11 is 1.30. The summed E-state index contributed by atoms with van der Waals surface area (Å²) in [6, 6.07) is 37.7. The van der Waals surface area contributed by atoms with Gasteiger partial charge in [-0.15, -0.1) is 11.8 Å². The third kappa shape index (κ3) is 7.94. The average molecular weight is 683 g/mol. The Hall–Kier alpha value is -6.13. The number of allylic oxidation sites excluding steroid dienone is 1. The summed E-state index contributed by atoms with van der Waals surface area (Å²) in [4.78, 5) is 55.3. The predicted octanol–water partition coefficient (Wildman–Crippen LogP) is 7.05. The van der Waals surface area contributed by atoms with Gasteiger partial charge in [-0.1, -0.05) is 78.9 Å². The number of ketones is 1. The van der Waals surface area contributed by atoms with Crippen LogP contribution in [0.25, 0.3) is 17.4 Å². The first-order chi connectivity index (χ1) is 24.3. The van der Waals surface area contributed by atoms with Crippen molar-refractivity contribution in [2.75, 3.05) is 18.1 Å². The van der Waals surface area contributed by atoms with Gasteiger partial charge in [0.25, 0.3) is 11.8 Å². The highest BCUT2D eigenvalue weighted by molar-refractivity contribution is 8.00. The van der Waals surface area contributed by atoms with Crippen LogP contribution < -0.4 is 16.0 Å². The van der Waals surface area contributed by atoms with Gasteiger partial charge in [0.1, 0.15) is 29.0 Å². The molecular weight excluding hydrogens is 649 g/mol. The highest BCUT2D eigenvalue weighted by Crippen LogP contribution is 2.33. The zero-order valence-corrected chi connectivity index (χ0v) is 28.2. The third-order valence-corrected chi connectivity index (χ3v) is 9.15. The molecule has 1 aliphatic heterocycles. The Labute approximate surface area is 294 Å². The SMILES string of the molecule is CC1=C(NC(=O)CSc2ccc(NC(=O)/C(=C\c3ccc(-c4ccccc4)o3)NC(=O)c3ccccc3)cc2)C(=O)[C@@H](c2ccccc2)N1C. The molecule has 3 N–H and O–H groups in total. The molecule has 0 spiro atoms. The van der Waals surface area contributed by atoms with E-state index >= 15 is 0 Å². The van der Waals surface area contributed by atoms with Crippen LogP contribution in [0, 0.1) is 0 Å². The predicted molar refractivity (Wildman–Crippen MR) is 195 cm³/mol. The van der Waals surface area contributed by atoms with Gasteiger partial charge in [0, 0.05) is 40.5 Å². The number of nitrogens with zero attached hydrogens (tertiary/aromatic N) is 1. The maximum atomic E-state index is 13.5. The number of benzene rings is 4. The number of carbonyl (C=O) groups excluding carboxylic acids is 4. The maximum absolute atomic E-state index is 13.5.